The number of hydrogen-bond acceptors (Lipinski definition) is 5. The van der Waals surface area contributed by atoms with Crippen molar-refractivity contribution in [3.8, 4) is 0 Å². The molecule has 0 radical (unpaired) electrons. The molecule has 0 saturated carbocycles. The summed E-state index contributed by atoms with van der Waals surface area (Å²) in [6.45, 7) is 0. The van der Waals surface area contributed by atoms with Gasteiger partial charge in [-0.05, 0) is 17.7 Å². The van der Waals surface area contributed by atoms with Gasteiger partial charge in [-0.25, -0.2) is 4.98 Å². The third-order valence-electron chi connectivity index (χ3n) is 3.52. The number of rotatable bonds is 5. The fraction of sp³-hybridized carbons (Fsp3) is 0.125. The van der Waals surface area contributed by atoms with Crippen LogP contribution >= 0.6 is 12.6 Å². The van der Waals surface area contributed by atoms with Crippen molar-refractivity contribution in [2.24, 2.45) is 0 Å². The Balaban J connectivity index is 1.74. The molecule has 1 unspecified atom stereocenters. The number of nitrogens with one attached hydrogen (secondary N) is 1. The number of carbonyl (C=O) groups excluding carboxylic acids is 1. The number of ketones is 1. The molecule has 1 N–H and O–H groups in total. The fourth-order valence-corrected chi connectivity index (χ4v) is 2.63. The first-order valence-corrected chi connectivity index (χ1v) is 7.46. The van der Waals surface area contributed by atoms with E-state index < -0.39 is 4.92 Å². The molecule has 7 heteroatoms. The van der Waals surface area contributed by atoms with E-state index >= 15 is 0 Å². The van der Waals surface area contributed by atoms with Crippen molar-refractivity contribution in [3.63, 3.8) is 0 Å². The molecule has 0 amide bonds. The Morgan fingerprint density at radius 1 is 1.22 bits per heavy atom. The number of nitrogens with zero attached hydrogens (tertiary/aromatic N) is 2. The standard InChI is InChI=1S/C16H13N3O3S/c20-14(16-17-12-3-1-2-4-13(12)18-16)9-15(23)10-5-7-11(8-6-10)19(21)22/h1-8,15,23H,9H2,(H,17,18). The van der Waals surface area contributed by atoms with Crippen LogP contribution in [0.4, 0.5) is 5.69 Å². The summed E-state index contributed by atoms with van der Waals surface area (Å²) in [5.41, 5.74) is 2.31. The minimum absolute atomic E-state index is 0.0119. The first-order valence-electron chi connectivity index (χ1n) is 6.95. The molecule has 1 atom stereocenters. The molecular formula is C16H13N3O3S. The third kappa shape index (κ3) is 3.24. The molecule has 0 aliphatic carbocycles. The lowest BCUT2D eigenvalue weighted by Gasteiger charge is -2.09. The Labute approximate surface area is 137 Å². The molecule has 0 spiro atoms. The number of benzene rings is 2. The molecule has 0 aliphatic rings. The maximum Gasteiger partial charge on any atom is 0.269 e. The van der Waals surface area contributed by atoms with Gasteiger partial charge in [0.1, 0.15) is 0 Å². The number of hydrogen-bond donors (Lipinski definition) is 2. The quantitative estimate of drug-likeness (QED) is 0.323. The summed E-state index contributed by atoms with van der Waals surface area (Å²) in [5.74, 6) is 0.145. The van der Waals surface area contributed by atoms with Crippen LogP contribution in [0.2, 0.25) is 0 Å². The summed E-state index contributed by atoms with van der Waals surface area (Å²) in [7, 11) is 0. The number of imidazole rings is 1. The Morgan fingerprint density at radius 3 is 2.57 bits per heavy atom. The van der Waals surface area contributed by atoms with Crippen molar-refractivity contribution in [1.29, 1.82) is 0 Å². The smallest absolute Gasteiger partial charge is 0.269 e. The second-order valence-corrected chi connectivity index (χ2v) is 5.72. The van der Waals surface area contributed by atoms with Crippen LogP contribution in [0.5, 0.6) is 0 Å². The zero-order valence-electron chi connectivity index (χ0n) is 12.0. The Morgan fingerprint density at radius 2 is 1.91 bits per heavy atom. The van der Waals surface area contributed by atoms with Gasteiger partial charge in [0.25, 0.3) is 5.69 Å². The first kappa shape index (κ1) is 15.2. The van der Waals surface area contributed by atoms with Gasteiger partial charge < -0.3 is 4.98 Å². The summed E-state index contributed by atoms with van der Waals surface area (Å²) >= 11 is 4.43. The van der Waals surface area contributed by atoms with Gasteiger partial charge in [0.2, 0.25) is 0 Å². The highest BCUT2D eigenvalue weighted by Crippen LogP contribution is 2.27. The lowest BCUT2D eigenvalue weighted by molar-refractivity contribution is -0.384. The topological polar surface area (TPSA) is 88.9 Å². The van der Waals surface area contributed by atoms with E-state index in [1.807, 2.05) is 24.3 Å². The van der Waals surface area contributed by atoms with Crippen molar-refractivity contribution in [3.05, 3.63) is 70.0 Å². The number of Topliss-reactive ketones (excluding diaryl/α,β-unsaturated/α-hetero) is 1. The Kier molecular flexibility index (Phi) is 4.12. The van der Waals surface area contributed by atoms with Gasteiger partial charge in [0.05, 0.1) is 16.0 Å². The van der Waals surface area contributed by atoms with E-state index in [-0.39, 0.29) is 23.1 Å². The fourth-order valence-electron chi connectivity index (χ4n) is 2.29. The van der Waals surface area contributed by atoms with Gasteiger partial charge in [0.15, 0.2) is 11.6 Å². The SMILES string of the molecule is O=C(CC(S)c1ccc([N+](=O)[O-])cc1)c1nc2ccccc2[nH]1. The zero-order chi connectivity index (χ0) is 16.4. The van der Waals surface area contributed by atoms with Crippen LogP contribution < -0.4 is 0 Å². The van der Waals surface area contributed by atoms with Gasteiger partial charge in [-0.15, -0.1) is 0 Å². The number of carbonyl (C=O) groups is 1. The molecule has 0 aliphatic heterocycles. The van der Waals surface area contributed by atoms with Gasteiger partial charge in [-0.1, -0.05) is 24.3 Å². The lowest BCUT2D eigenvalue weighted by Crippen LogP contribution is -2.05. The lowest BCUT2D eigenvalue weighted by atomic mass is 10.1. The van der Waals surface area contributed by atoms with Gasteiger partial charge in [-0.3, -0.25) is 14.9 Å². The number of nitro groups is 1. The van der Waals surface area contributed by atoms with Crippen molar-refractivity contribution in [2.45, 2.75) is 11.7 Å². The highest BCUT2D eigenvalue weighted by atomic mass is 32.1. The summed E-state index contributed by atoms with van der Waals surface area (Å²) in [4.78, 5) is 29.8. The molecule has 3 rings (SSSR count). The highest BCUT2D eigenvalue weighted by Gasteiger charge is 2.17. The summed E-state index contributed by atoms with van der Waals surface area (Å²) in [6, 6.07) is 13.4. The monoisotopic (exact) mass is 327 g/mol. The van der Waals surface area contributed by atoms with E-state index in [0.717, 1.165) is 16.6 Å². The highest BCUT2D eigenvalue weighted by molar-refractivity contribution is 7.80. The number of H-pyrrole nitrogens is 1. The molecular weight excluding hydrogens is 314 g/mol. The molecule has 23 heavy (non-hydrogen) atoms. The van der Waals surface area contributed by atoms with Crippen LogP contribution in [0.3, 0.4) is 0 Å². The molecule has 1 heterocycles. The summed E-state index contributed by atoms with van der Waals surface area (Å²) in [6.07, 6.45) is 0.154. The molecule has 0 fully saturated rings. The number of thiol groups is 1. The number of nitro benzene ring substituents is 1. The van der Waals surface area contributed by atoms with Crippen molar-refractivity contribution >= 4 is 35.1 Å². The number of aromatic amines is 1. The molecule has 6 nitrogen and oxygen atoms in total. The van der Waals surface area contributed by atoms with Gasteiger partial charge in [-0.2, -0.15) is 12.6 Å². The number of para-hydroxylation sites is 2. The molecule has 116 valence electrons. The van der Waals surface area contributed by atoms with E-state index in [2.05, 4.69) is 22.6 Å². The number of non-ortho nitro benzene ring substituents is 1. The largest absolute Gasteiger partial charge is 0.335 e. The normalized spacial score (nSPS) is 12.2. The van der Waals surface area contributed by atoms with E-state index in [0.29, 0.717) is 5.82 Å². The predicted octanol–water partition coefficient (Wildman–Crippen LogP) is 3.72. The minimum atomic E-state index is -0.461. The average molecular weight is 327 g/mol. The van der Waals surface area contributed by atoms with Gasteiger partial charge in [0, 0.05) is 23.8 Å². The van der Waals surface area contributed by atoms with Gasteiger partial charge >= 0.3 is 0 Å². The second-order valence-electron chi connectivity index (χ2n) is 5.09. The maximum absolute atomic E-state index is 12.3. The van der Waals surface area contributed by atoms with Crippen LogP contribution in [0, 0.1) is 10.1 Å². The Hall–Kier alpha value is -2.67. The predicted molar refractivity (Wildman–Crippen MR) is 89.9 cm³/mol. The zero-order valence-corrected chi connectivity index (χ0v) is 12.9. The van der Waals surface area contributed by atoms with Crippen molar-refractivity contribution in [1.82, 2.24) is 9.97 Å². The molecule has 1 aromatic heterocycles. The summed E-state index contributed by atoms with van der Waals surface area (Å²) < 4.78 is 0. The van der Waals surface area contributed by atoms with E-state index in [4.69, 9.17) is 0 Å². The van der Waals surface area contributed by atoms with Crippen LogP contribution in [0.25, 0.3) is 11.0 Å². The average Bonchev–Trinajstić information content (AvgIpc) is 2.99. The molecule has 3 aromatic rings. The van der Waals surface area contributed by atoms with Crippen molar-refractivity contribution < 1.29 is 9.72 Å². The van der Waals surface area contributed by atoms with Crippen LogP contribution in [0.15, 0.2) is 48.5 Å². The molecule has 0 saturated heterocycles. The second kappa shape index (κ2) is 6.21. The van der Waals surface area contributed by atoms with E-state index in [1.165, 1.54) is 12.1 Å². The van der Waals surface area contributed by atoms with E-state index in [9.17, 15) is 14.9 Å². The number of aromatic nitrogens is 2. The van der Waals surface area contributed by atoms with Crippen LogP contribution in [-0.2, 0) is 0 Å². The minimum Gasteiger partial charge on any atom is -0.335 e. The first-order chi connectivity index (χ1) is 11.0. The summed E-state index contributed by atoms with van der Waals surface area (Å²) in [5, 5.41) is 10.3. The van der Waals surface area contributed by atoms with Crippen LogP contribution in [0.1, 0.15) is 27.9 Å². The van der Waals surface area contributed by atoms with Crippen LogP contribution in [-0.4, -0.2) is 20.7 Å². The third-order valence-corrected chi connectivity index (χ3v) is 4.00. The molecule has 0 bridgehead atoms. The van der Waals surface area contributed by atoms with E-state index in [1.54, 1.807) is 12.1 Å². The number of fused-ring (bicyclic) bond motifs is 1. The maximum atomic E-state index is 12.3. The Bertz CT molecular complexity index is 841. The van der Waals surface area contributed by atoms with Crippen molar-refractivity contribution in [2.75, 3.05) is 0 Å². The molecule has 2 aromatic carbocycles.